The van der Waals surface area contributed by atoms with Crippen LogP contribution in [-0.4, -0.2) is 64.9 Å². The summed E-state index contributed by atoms with van der Waals surface area (Å²) in [7, 11) is 0. The number of nitrogens with one attached hydrogen (secondary N) is 3. The molecule has 0 radical (unpaired) electrons. The molecule has 0 saturated carbocycles. The van der Waals surface area contributed by atoms with E-state index in [4.69, 9.17) is 0 Å². The van der Waals surface area contributed by atoms with Gasteiger partial charge in [-0.1, -0.05) is 136 Å². The van der Waals surface area contributed by atoms with Crippen molar-refractivity contribution < 1.29 is 15.0 Å². The van der Waals surface area contributed by atoms with Crippen molar-refractivity contribution in [3.05, 3.63) is 11.6 Å². The maximum absolute atomic E-state index is 12.4. The summed E-state index contributed by atoms with van der Waals surface area (Å²) in [6.45, 7) is 10.7. The number of aryl methyl sites for hydroxylation is 1. The van der Waals surface area contributed by atoms with E-state index in [1.807, 2.05) is 18.7 Å². The van der Waals surface area contributed by atoms with Crippen LogP contribution in [0.3, 0.4) is 0 Å². The highest BCUT2D eigenvalue weighted by Gasteiger charge is 2.14. The summed E-state index contributed by atoms with van der Waals surface area (Å²) in [6, 6.07) is 1.72. The largest absolute Gasteiger partial charge is 0.494 e. The predicted octanol–water partition coefficient (Wildman–Crippen LogP) is 8.95. The lowest BCUT2D eigenvalue weighted by Gasteiger charge is -2.13. The van der Waals surface area contributed by atoms with Crippen molar-refractivity contribution in [3.63, 3.8) is 0 Å². The zero-order valence-corrected chi connectivity index (χ0v) is 31.1. The molecule has 1 aromatic heterocycles. The van der Waals surface area contributed by atoms with Gasteiger partial charge in [0, 0.05) is 62.6 Å². The topological polar surface area (TPSA) is 98.6 Å². The minimum absolute atomic E-state index is 0.0479. The number of amides is 1. The Morgan fingerprint density at radius 2 is 1.17 bits per heavy atom. The number of aromatic hydroxyl groups is 2. The molecular weight excluding hydrogens is 593 g/mol. The molecule has 46 heavy (non-hydrogen) atoms. The zero-order valence-electron chi connectivity index (χ0n) is 30.3. The average Bonchev–Trinajstić information content (AvgIpc) is 3.32. The fraction of sp³-hybridized carbons (Fsp3) is 0.868. The van der Waals surface area contributed by atoms with E-state index in [0.29, 0.717) is 19.6 Å². The molecule has 1 atom stereocenters. The van der Waals surface area contributed by atoms with E-state index in [0.717, 1.165) is 49.5 Å². The van der Waals surface area contributed by atoms with Gasteiger partial charge < -0.3 is 26.2 Å². The third-order valence-electron chi connectivity index (χ3n) is 8.97. The van der Waals surface area contributed by atoms with E-state index in [1.165, 1.54) is 122 Å². The summed E-state index contributed by atoms with van der Waals surface area (Å²) < 4.78 is 1.60. The van der Waals surface area contributed by atoms with Crippen molar-refractivity contribution in [3.8, 4) is 11.8 Å². The van der Waals surface area contributed by atoms with Crippen LogP contribution in [0.2, 0.25) is 0 Å². The van der Waals surface area contributed by atoms with E-state index in [9.17, 15) is 15.0 Å². The van der Waals surface area contributed by atoms with Crippen LogP contribution in [0.25, 0.3) is 0 Å². The number of hydrogen-bond donors (Lipinski definition) is 5. The highest BCUT2D eigenvalue weighted by Crippen LogP contribution is 2.29. The van der Waals surface area contributed by atoms with E-state index in [-0.39, 0.29) is 23.6 Å². The number of carbonyl (C=O) groups is 1. The first-order valence-electron chi connectivity index (χ1n) is 19.4. The van der Waals surface area contributed by atoms with Crippen molar-refractivity contribution >= 4 is 17.7 Å². The van der Waals surface area contributed by atoms with Crippen molar-refractivity contribution in [1.82, 2.24) is 20.5 Å². The lowest BCUT2D eigenvalue weighted by molar-refractivity contribution is -0.123. The highest BCUT2D eigenvalue weighted by atomic mass is 32.2. The fourth-order valence-corrected chi connectivity index (χ4v) is 6.96. The van der Waals surface area contributed by atoms with Gasteiger partial charge in [-0.15, -0.1) is 0 Å². The summed E-state index contributed by atoms with van der Waals surface area (Å²) in [5, 5.41) is 30.7. The van der Waals surface area contributed by atoms with Gasteiger partial charge in [-0.2, -0.15) is 11.8 Å². The first-order chi connectivity index (χ1) is 22.5. The monoisotopic (exact) mass is 667 g/mol. The quantitative estimate of drug-likeness (QED) is 0.0471. The zero-order chi connectivity index (χ0) is 33.5. The molecule has 8 heteroatoms. The van der Waals surface area contributed by atoms with Crippen molar-refractivity contribution in [2.75, 3.05) is 44.2 Å². The van der Waals surface area contributed by atoms with Crippen LogP contribution in [0.4, 0.5) is 0 Å². The van der Waals surface area contributed by atoms with Gasteiger partial charge in [0.05, 0.1) is 0 Å². The number of thioether (sulfide) groups is 1. The average molecular weight is 667 g/mol. The normalized spacial score (nSPS) is 12.2. The second-order valence-corrected chi connectivity index (χ2v) is 14.5. The first-order valence-corrected chi connectivity index (χ1v) is 20.5. The first kappa shape index (κ1) is 42.6. The van der Waals surface area contributed by atoms with Crippen LogP contribution < -0.4 is 16.0 Å². The minimum atomic E-state index is 0.0479. The summed E-state index contributed by atoms with van der Waals surface area (Å²) in [6.07, 6.45) is 27.4. The Kier molecular flexibility index (Phi) is 28.7. The van der Waals surface area contributed by atoms with Crippen LogP contribution >= 0.6 is 11.8 Å². The molecule has 0 fully saturated rings. The van der Waals surface area contributed by atoms with Crippen LogP contribution in [0.5, 0.6) is 11.8 Å². The highest BCUT2D eigenvalue weighted by molar-refractivity contribution is 7.99. The van der Waals surface area contributed by atoms with Gasteiger partial charge in [-0.05, 0) is 25.0 Å². The Labute approximate surface area is 288 Å². The molecule has 0 bridgehead atoms. The molecule has 1 rings (SSSR count). The Bertz CT molecular complexity index is 835. The van der Waals surface area contributed by atoms with Crippen LogP contribution in [0.1, 0.15) is 155 Å². The number of aromatic nitrogens is 1. The molecule has 1 heterocycles. The standard InChI is InChI=1S/C38H74N4O3S/c1-4-6-8-10-12-14-16-18-20-22-24-35-32-36(43)42(38(35)45)30-29-40-26-25-39-27-28-41-37(44)34(3)33-46-31-23-21-19-17-15-13-11-9-7-5-2/h32,34,39-40,43,45H,4-31,33H2,1-3H3,(H,41,44). The molecule has 7 nitrogen and oxygen atoms in total. The summed E-state index contributed by atoms with van der Waals surface area (Å²) in [4.78, 5) is 12.4. The molecule has 0 saturated heterocycles. The maximum Gasteiger partial charge on any atom is 0.223 e. The van der Waals surface area contributed by atoms with Gasteiger partial charge in [0.1, 0.15) is 0 Å². The van der Waals surface area contributed by atoms with Crippen LogP contribution in [-0.2, 0) is 17.8 Å². The summed E-state index contributed by atoms with van der Waals surface area (Å²) in [5.74, 6) is 2.60. The number of carbonyl (C=O) groups excluding carboxylic acids is 1. The van der Waals surface area contributed by atoms with Crippen molar-refractivity contribution in [2.24, 2.45) is 5.92 Å². The van der Waals surface area contributed by atoms with Gasteiger partial charge in [0.25, 0.3) is 0 Å². The lowest BCUT2D eigenvalue weighted by atomic mass is 10.0. The van der Waals surface area contributed by atoms with Crippen LogP contribution in [0.15, 0.2) is 6.07 Å². The molecule has 270 valence electrons. The van der Waals surface area contributed by atoms with Crippen molar-refractivity contribution in [2.45, 2.75) is 162 Å². The van der Waals surface area contributed by atoms with E-state index in [1.54, 1.807) is 10.6 Å². The summed E-state index contributed by atoms with van der Waals surface area (Å²) in [5.41, 5.74) is 0.850. The van der Waals surface area contributed by atoms with Gasteiger partial charge >= 0.3 is 0 Å². The molecule has 0 aromatic carbocycles. The van der Waals surface area contributed by atoms with E-state index >= 15 is 0 Å². The van der Waals surface area contributed by atoms with Gasteiger partial charge in [-0.25, -0.2) is 0 Å². The molecule has 5 N–H and O–H groups in total. The molecule has 1 amide bonds. The molecule has 0 aliphatic heterocycles. The molecule has 0 spiro atoms. The number of unbranched alkanes of at least 4 members (excludes halogenated alkanes) is 18. The summed E-state index contributed by atoms with van der Waals surface area (Å²) >= 11 is 1.91. The molecule has 0 aliphatic carbocycles. The predicted molar refractivity (Wildman–Crippen MR) is 200 cm³/mol. The molecule has 1 unspecified atom stereocenters. The molecule has 0 aliphatic rings. The lowest BCUT2D eigenvalue weighted by Crippen LogP contribution is -2.37. The molecule has 1 aromatic rings. The van der Waals surface area contributed by atoms with Crippen molar-refractivity contribution in [1.29, 1.82) is 0 Å². The smallest absolute Gasteiger partial charge is 0.223 e. The molecular formula is C38H74N4O3S. The minimum Gasteiger partial charge on any atom is -0.494 e. The Balaban J connectivity index is 1.96. The van der Waals surface area contributed by atoms with Gasteiger partial charge in [0.15, 0.2) is 11.8 Å². The Morgan fingerprint density at radius 3 is 1.74 bits per heavy atom. The number of nitrogens with zero attached hydrogens (tertiary/aromatic N) is 1. The van der Waals surface area contributed by atoms with E-state index in [2.05, 4.69) is 29.8 Å². The maximum atomic E-state index is 12.4. The second kappa shape index (κ2) is 30.9. The Morgan fingerprint density at radius 1 is 0.696 bits per heavy atom. The SMILES string of the molecule is CCCCCCCCCCCCSCC(C)C(=O)NCCNCCNCCn1c(O)cc(CCCCCCCCCCCC)c1O. The second-order valence-electron chi connectivity index (χ2n) is 13.4. The third kappa shape index (κ3) is 23.0. The Hall–Kier alpha value is -1.38. The number of hydrogen-bond acceptors (Lipinski definition) is 6. The number of rotatable bonds is 34. The third-order valence-corrected chi connectivity index (χ3v) is 10.3. The van der Waals surface area contributed by atoms with Gasteiger partial charge in [0.2, 0.25) is 5.91 Å². The van der Waals surface area contributed by atoms with E-state index < -0.39 is 0 Å². The fourth-order valence-electron chi connectivity index (χ4n) is 5.88. The van der Waals surface area contributed by atoms with Crippen LogP contribution in [0, 0.1) is 5.92 Å². The van der Waals surface area contributed by atoms with Gasteiger partial charge in [-0.3, -0.25) is 9.36 Å².